The lowest BCUT2D eigenvalue weighted by molar-refractivity contribution is 0.171. The highest BCUT2D eigenvalue weighted by atomic mass is 16.5. The molecule has 1 unspecified atom stereocenters. The van der Waals surface area contributed by atoms with Crippen molar-refractivity contribution >= 4 is 11.3 Å². The van der Waals surface area contributed by atoms with E-state index in [1.54, 1.807) is 0 Å². The molecule has 0 amide bonds. The van der Waals surface area contributed by atoms with Gasteiger partial charge in [0.1, 0.15) is 5.75 Å². The number of fused-ring (bicyclic) bond motifs is 1. The minimum Gasteiger partial charge on any atom is -0.474 e. The zero-order valence-electron chi connectivity index (χ0n) is 9.08. The number of anilines is 1. The Morgan fingerprint density at radius 1 is 1.53 bits per heavy atom. The molecule has 0 radical (unpaired) electrons. The number of nitrogen functional groups attached to an aromatic ring is 1. The van der Waals surface area contributed by atoms with Crippen molar-refractivity contribution in [1.29, 1.82) is 0 Å². The lowest BCUT2D eigenvalue weighted by Gasteiger charge is -2.27. The third-order valence-corrected chi connectivity index (χ3v) is 2.69. The van der Waals surface area contributed by atoms with Gasteiger partial charge in [0.05, 0.1) is 0 Å². The zero-order chi connectivity index (χ0) is 10.8. The fourth-order valence-electron chi connectivity index (χ4n) is 1.84. The molecule has 0 bridgehead atoms. The SMILES string of the molecule is C/C=C1\CC(NC)Oc2ccc(N)cc21. The molecule has 3 N–H and O–H groups in total. The maximum Gasteiger partial charge on any atom is 0.154 e. The van der Waals surface area contributed by atoms with Crippen molar-refractivity contribution in [2.45, 2.75) is 19.6 Å². The van der Waals surface area contributed by atoms with Crippen LogP contribution in [0.5, 0.6) is 5.75 Å². The Morgan fingerprint density at radius 3 is 3.00 bits per heavy atom. The van der Waals surface area contributed by atoms with Gasteiger partial charge in [-0.1, -0.05) is 6.08 Å². The number of hydrogen-bond donors (Lipinski definition) is 2. The van der Waals surface area contributed by atoms with Crippen LogP contribution in [0.2, 0.25) is 0 Å². The number of nitrogens with one attached hydrogen (secondary N) is 1. The monoisotopic (exact) mass is 204 g/mol. The van der Waals surface area contributed by atoms with Crippen molar-refractivity contribution in [2.75, 3.05) is 12.8 Å². The van der Waals surface area contributed by atoms with Crippen LogP contribution >= 0.6 is 0 Å². The van der Waals surface area contributed by atoms with Gasteiger partial charge in [0.25, 0.3) is 0 Å². The quantitative estimate of drug-likeness (QED) is 0.688. The van der Waals surface area contributed by atoms with Crippen LogP contribution in [0.1, 0.15) is 18.9 Å². The number of benzene rings is 1. The number of ether oxygens (including phenoxy) is 1. The summed E-state index contributed by atoms with van der Waals surface area (Å²) in [7, 11) is 1.90. The second-order valence-corrected chi connectivity index (χ2v) is 3.67. The fraction of sp³-hybridized carbons (Fsp3) is 0.333. The van der Waals surface area contributed by atoms with E-state index in [-0.39, 0.29) is 6.23 Å². The number of rotatable bonds is 1. The third-order valence-electron chi connectivity index (χ3n) is 2.69. The van der Waals surface area contributed by atoms with Crippen molar-refractivity contribution in [1.82, 2.24) is 5.32 Å². The normalized spacial score (nSPS) is 22.3. The first-order chi connectivity index (χ1) is 7.24. The molecule has 0 aliphatic carbocycles. The Kier molecular flexibility index (Phi) is 2.64. The van der Waals surface area contributed by atoms with Crippen LogP contribution in [0.3, 0.4) is 0 Å². The van der Waals surface area contributed by atoms with Crippen molar-refractivity contribution in [2.24, 2.45) is 0 Å². The average Bonchev–Trinajstić information content (AvgIpc) is 2.27. The maximum atomic E-state index is 5.77. The fourth-order valence-corrected chi connectivity index (χ4v) is 1.84. The molecule has 3 nitrogen and oxygen atoms in total. The van der Waals surface area contributed by atoms with E-state index in [0.29, 0.717) is 0 Å². The molecule has 0 fully saturated rings. The minimum absolute atomic E-state index is 0.0623. The lowest BCUT2D eigenvalue weighted by Crippen LogP contribution is -2.34. The average molecular weight is 204 g/mol. The number of allylic oxidation sites excluding steroid dienone is 1. The zero-order valence-corrected chi connectivity index (χ0v) is 9.08. The molecule has 1 aliphatic rings. The first-order valence-corrected chi connectivity index (χ1v) is 5.13. The largest absolute Gasteiger partial charge is 0.474 e. The van der Waals surface area contributed by atoms with Crippen LogP contribution in [0.4, 0.5) is 5.69 Å². The summed E-state index contributed by atoms with van der Waals surface area (Å²) < 4.78 is 5.76. The second kappa shape index (κ2) is 3.95. The van der Waals surface area contributed by atoms with E-state index in [4.69, 9.17) is 10.5 Å². The topological polar surface area (TPSA) is 47.3 Å². The van der Waals surface area contributed by atoms with Crippen LogP contribution < -0.4 is 15.8 Å². The van der Waals surface area contributed by atoms with E-state index >= 15 is 0 Å². The van der Waals surface area contributed by atoms with E-state index in [9.17, 15) is 0 Å². The van der Waals surface area contributed by atoms with Gasteiger partial charge in [0, 0.05) is 17.7 Å². The lowest BCUT2D eigenvalue weighted by atomic mass is 9.97. The molecule has 0 saturated carbocycles. The molecule has 3 heteroatoms. The van der Waals surface area contributed by atoms with E-state index in [1.165, 1.54) is 5.57 Å². The van der Waals surface area contributed by atoms with Gasteiger partial charge in [-0.05, 0) is 37.7 Å². The van der Waals surface area contributed by atoms with Gasteiger partial charge in [-0.2, -0.15) is 0 Å². The van der Waals surface area contributed by atoms with Crippen LogP contribution in [-0.4, -0.2) is 13.3 Å². The summed E-state index contributed by atoms with van der Waals surface area (Å²) in [6.45, 7) is 2.04. The van der Waals surface area contributed by atoms with Crippen LogP contribution in [0.25, 0.3) is 5.57 Å². The predicted octanol–water partition coefficient (Wildman–Crippen LogP) is 2.00. The number of hydrogen-bond acceptors (Lipinski definition) is 3. The molecule has 15 heavy (non-hydrogen) atoms. The van der Waals surface area contributed by atoms with E-state index < -0.39 is 0 Å². The van der Waals surface area contributed by atoms with Gasteiger partial charge >= 0.3 is 0 Å². The highest BCUT2D eigenvalue weighted by Crippen LogP contribution is 2.35. The summed E-state index contributed by atoms with van der Waals surface area (Å²) in [4.78, 5) is 0. The van der Waals surface area contributed by atoms with E-state index in [0.717, 1.165) is 23.4 Å². The summed E-state index contributed by atoms with van der Waals surface area (Å²) in [6.07, 6.45) is 3.06. The highest BCUT2D eigenvalue weighted by Gasteiger charge is 2.21. The van der Waals surface area contributed by atoms with Gasteiger partial charge in [-0.15, -0.1) is 0 Å². The first kappa shape index (κ1) is 10.1. The second-order valence-electron chi connectivity index (χ2n) is 3.67. The molecular formula is C12H16N2O. The molecule has 2 rings (SSSR count). The molecular weight excluding hydrogens is 188 g/mol. The minimum atomic E-state index is 0.0623. The van der Waals surface area contributed by atoms with Crippen molar-refractivity contribution < 1.29 is 4.74 Å². The van der Waals surface area contributed by atoms with E-state index in [1.807, 2.05) is 32.2 Å². The summed E-state index contributed by atoms with van der Waals surface area (Å²) >= 11 is 0. The standard InChI is InChI=1S/C12H16N2O/c1-3-8-6-12(14-2)15-11-5-4-9(13)7-10(8)11/h3-5,7,12,14H,6,13H2,1-2H3/b8-3+. The molecule has 1 aromatic carbocycles. The van der Waals surface area contributed by atoms with Crippen molar-refractivity contribution in [3.8, 4) is 5.75 Å². The molecule has 0 aromatic heterocycles. The predicted molar refractivity (Wildman–Crippen MR) is 62.6 cm³/mol. The summed E-state index contributed by atoms with van der Waals surface area (Å²) in [6, 6.07) is 5.76. The summed E-state index contributed by atoms with van der Waals surface area (Å²) in [5.41, 5.74) is 8.94. The van der Waals surface area contributed by atoms with Crippen LogP contribution in [0, 0.1) is 0 Å². The molecule has 1 aliphatic heterocycles. The Balaban J connectivity index is 2.45. The highest BCUT2D eigenvalue weighted by molar-refractivity contribution is 5.74. The Morgan fingerprint density at radius 2 is 2.33 bits per heavy atom. The van der Waals surface area contributed by atoms with Crippen LogP contribution in [0.15, 0.2) is 24.3 Å². The first-order valence-electron chi connectivity index (χ1n) is 5.13. The smallest absolute Gasteiger partial charge is 0.154 e. The summed E-state index contributed by atoms with van der Waals surface area (Å²) in [5.74, 6) is 0.905. The van der Waals surface area contributed by atoms with Gasteiger partial charge in [-0.3, -0.25) is 5.32 Å². The Bertz CT molecular complexity index is 399. The van der Waals surface area contributed by atoms with E-state index in [2.05, 4.69) is 11.4 Å². The van der Waals surface area contributed by atoms with Gasteiger partial charge in [-0.25, -0.2) is 0 Å². The van der Waals surface area contributed by atoms with Gasteiger partial charge in [0.2, 0.25) is 0 Å². The van der Waals surface area contributed by atoms with Crippen LogP contribution in [-0.2, 0) is 0 Å². The molecule has 80 valence electrons. The Hall–Kier alpha value is -1.48. The molecule has 1 aromatic rings. The van der Waals surface area contributed by atoms with Crippen molar-refractivity contribution in [3.05, 3.63) is 29.8 Å². The molecule has 1 heterocycles. The van der Waals surface area contributed by atoms with Gasteiger partial charge in [0.15, 0.2) is 6.23 Å². The van der Waals surface area contributed by atoms with Crippen molar-refractivity contribution in [3.63, 3.8) is 0 Å². The number of nitrogens with two attached hydrogens (primary N) is 1. The maximum absolute atomic E-state index is 5.77. The summed E-state index contributed by atoms with van der Waals surface area (Å²) in [5, 5.41) is 3.13. The van der Waals surface area contributed by atoms with Gasteiger partial charge < -0.3 is 10.5 Å². The molecule has 1 atom stereocenters. The molecule has 0 spiro atoms. The third kappa shape index (κ3) is 1.83. The molecule has 0 saturated heterocycles. The Labute approximate surface area is 89.9 Å².